The summed E-state index contributed by atoms with van der Waals surface area (Å²) in [5.41, 5.74) is 1.68. The van der Waals surface area contributed by atoms with Crippen LogP contribution in [0, 0.1) is 11.3 Å². The Labute approximate surface area is 119 Å². The molecule has 108 valence electrons. The average molecular weight is 294 g/mol. The molecule has 0 bridgehead atoms. The highest BCUT2D eigenvalue weighted by molar-refractivity contribution is 7.89. The van der Waals surface area contributed by atoms with E-state index in [0.717, 1.165) is 11.1 Å². The molecule has 0 aliphatic heterocycles. The predicted molar refractivity (Wildman–Crippen MR) is 76.6 cm³/mol. The monoisotopic (exact) mass is 294 g/mol. The third-order valence-corrected chi connectivity index (χ3v) is 3.88. The zero-order chi connectivity index (χ0) is 15.0. The van der Waals surface area contributed by atoms with Crippen molar-refractivity contribution >= 4 is 10.0 Å². The summed E-state index contributed by atoms with van der Waals surface area (Å²) in [5.74, 6) is 0. The number of nitrogens with one attached hydrogen (secondary N) is 1. The summed E-state index contributed by atoms with van der Waals surface area (Å²) in [5, 5.41) is 8.55. The van der Waals surface area contributed by atoms with E-state index in [-0.39, 0.29) is 17.9 Å². The van der Waals surface area contributed by atoms with Crippen molar-refractivity contribution in [3.63, 3.8) is 0 Å². The first kappa shape index (κ1) is 16.4. The molecule has 0 aliphatic rings. The number of nitrogens with zero attached hydrogens (tertiary/aromatic N) is 1. The molecule has 0 aliphatic carbocycles. The first-order chi connectivity index (χ1) is 9.45. The van der Waals surface area contributed by atoms with Crippen LogP contribution in [0.15, 0.2) is 41.3 Å². The molecule has 0 heterocycles. The number of hydrogen-bond donors (Lipinski definition) is 1. The lowest BCUT2D eigenvalue weighted by atomic mass is 10.2. The molecule has 5 nitrogen and oxygen atoms in total. The molecule has 0 saturated heterocycles. The molecule has 0 fully saturated rings. The van der Waals surface area contributed by atoms with Crippen LogP contribution in [0.2, 0.25) is 0 Å². The molecule has 0 saturated carbocycles. The molecule has 1 rings (SSSR count). The fourth-order valence-electron chi connectivity index (χ4n) is 1.46. The molecular weight excluding hydrogens is 276 g/mol. The van der Waals surface area contributed by atoms with Gasteiger partial charge in [0.05, 0.1) is 30.6 Å². The molecular formula is C14H18N2O3S. The molecule has 0 spiro atoms. The number of rotatable bonds is 8. The van der Waals surface area contributed by atoms with E-state index in [4.69, 9.17) is 10.00 Å². The number of nitriles is 1. The van der Waals surface area contributed by atoms with E-state index in [1.165, 1.54) is 12.1 Å². The molecule has 1 N–H and O–H groups in total. The van der Waals surface area contributed by atoms with Crippen LogP contribution in [-0.4, -0.2) is 28.2 Å². The largest absolute Gasteiger partial charge is 0.376 e. The summed E-state index contributed by atoms with van der Waals surface area (Å²) in [7, 11) is -3.53. The van der Waals surface area contributed by atoms with Crippen LogP contribution < -0.4 is 4.72 Å². The number of benzene rings is 1. The minimum Gasteiger partial charge on any atom is -0.376 e. The fraction of sp³-hybridized carbons (Fsp3) is 0.357. The van der Waals surface area contributed by atoms with Crippen molar-refractivity contribution < 1.29 is 13.2 Å². The van der Waals surface area contributed by atoms with Gasteiger partial charge in [-0.3, -0.25) is 0 Å². The van der Waals surface area contributed by atoms with E-state index in [1.807, 2.05) is 13.0 Å². The first-order valence-corrected chi connectivity index (χ1v) is 7.61. The van der Waals surface area contributed by atoms with Crippen molar-refractivity contribution in [3.8, 4) is 6.07 Å². The smallest absolute Gasteiger partial charge is 0.240 e. The number of sulfonamides is 1. The maximum atomic E-state index is 11.9. The summed E-state index contributed by atoms with van der Waals surface area (Å²) in [6.45, 7) is 6.44. The Bertz CT molecular complexity index is 586. The Balaban J connectivity index is 2.52. The van der Waals surface area contributed by atoms with E-state index in [1.54, 1.807) is 12.1 Å². The molecule has 1 aromatic rings. The van der Waals surface area contributed by atoms with Gasteiger partial charge in [-0.2, -0.15) is 5.26 Å². The van der Waals surface area contributed by atoms with E-state index in [9.17, 15) is 8.42 Å². The minimum absolute atomic E-state index is 0.180. The standard InChI is InChI=1S/C14H18N2O3S/c1-12(2)11-19-10-9-16-20(17,18)14-5-3-13(4-6-14)7-8-15/h3-6,16H,1,7,9-11H2,2H3. The third-order valence-electron chi connectivity index (χ3n) is 2.40. The lowest BCUT2D eigenvalue weighted by Crippen LogP contribution is -2.27. The van der Waals surface area contributed by atoms with Crippen LogP contribution in [0.3, 0.4) is 0 Å². The quantitative estimate of drug-likeness (QED) is 0.583. The Hall–Kier alpha value is -1.68. The second kappa shape index (κ2) is 7.80. The highest BCUT2D eigenvalue weighted by atomic mass is 32.2. The average Bonchev–Trinajstić information content (AvgIpc) is 2.39. The Morgan fingerprint density at radius 3 is 2.60 bits per heavy atom. The lowest BCUT2D eigenvalue weighted by molar-refractivity contribution is 0.162. The van der Waals surface area contributed by atoms with Gasteiger partial charge in [-0.1, -0.05) is 24.3 Å². The molecule has 20 heavy (non-hydrogen) atoms. The van der Waals surface area contributed by atoms with E-state index >= 15 is 0 Å². The normalized spacial score (nSPS) is 11.0. The van der Waals surface area contributed by atoms with Gasteiger partial charge in [0.25, 0.3) is 0 Å². The van der Waals surface area contributed by atoms with Crippen molar-refractivity contribution in [1.82, 2.24) is 4.72 Å². The van der Waals surface area contributed by atoms with Gasteiger partial charge in [-0.15, -0.1) is 0 Å². The van der Waals surface area contributed by atoms with Gasteiger partial charge in [0.1, 0.15) is 0 Å². The van der Waals surface area contributed by atoms with Crippen LogP contribution in [0.4, 0.5) is 0 Å². The molecule has 0 amide bonds. The van der Waals surface area contributed by atoms with E-state index in [2.05, 4.69) is 11.3 Å². The van der Waals surface area contributed by atoms with E-state index < -0.39 is 10.0 Å². The summed E-state index contributed by atoms with van der Waals surface area (Å²) < 4.78 is 31.6. The topological polar surface area (TPSA) is 79.2 Å². The SMILES string of the molecule is C=C(C)COCCNS(=O)(=O)c1ccc(CC#N)cc1. The van der Waals surface area contributed by atoms with Crippen molar-refractivity contribution in [3.05, 3.63) is 42.0 Å². The summed E-state index contributed by atoms with van der Waals surface area (Å²) in [6.07, 6.45) is 0.266. The number of ether oxygens (including phenoxy) is 1. The lowest BCUT2D eigenvalue weighted by Gasteiger charge is -2.08. The van der Waals surface area contributed by atoms with Crippen molar-refractivity contribution in [2.45, 2.75) is 18.2 Å². The number of hydrogen-bond acceptors (Lipinski definition) is 4. The van der Waals surface area contributed by atoms with Crippen LogP contribution in [-0.2, 0) is 21.2 Å². The maximum Gasteiger partial charge on any atom is 0.240 e. The molecule has 0 radical (unpaired) electrons. The van der Waals surface area contributed by atoms with Gasteiger partial charge in [0, 0.05) is 6.54 Å². The predicted octanol–water partition coefficient (Wildman–Crippen LogP) is 1.62. The van der Waals surface area contributed by atoms with Gasteiger partial charge < -0.3 is 4.74 Å². The Morgan fingerprint density at radius 2 is 2.05 bits per heavy atom. The van der Waals surface area contributed by atoms with Crippen LogP contribution in [0.1, 0.15) is 12.5 Å². The molecule has 0 atom stereocenters. The Morgan fingerprint density at radius 1 is 1.40 bits per heavy atom. The molecule has 0 aromatic heterocycles. The third kappa shape index (κ3) is 5.53. The molecule has 0 unspecified atom stereocenters. The molecule has 1 aromatic carbocycles. The van der Waals surface area contributed by atoms with Crippen LogP contribution >= 0.6 is 0 Å². The fourth-order valence-corrected chi connectivity index (χ4v) is 2.47. The maximum absolute atomic E-state index is 11.9. The van der Waals surface area contributed by atoms with Gasteiger partial charge in [-0.25, -0.2) is 13.1 Å². The summed E-state index contributed by atoms with van der Waals surface area (Å²) in [6, 6.07) is 8.26. The Kier molecular flexibility index (Phi) is 6.39. The van der Waals surface area contributed by atoms with Gasteiger partial charge >= 0.3 is 0 Å². The van der Waals surface area contributed by atoms with Gasteiger partial charge in [0.2, 0.25) is 10.0 Å². The van der Waals surface area contributed by atoms with E-state index in [0.29, 0.717) is 13.2 Å². The van der Waals surface area contributed by atoms with Crippen molar-refractivity contribution in [2.24, 2.45) is 0 Å². The van der Waals surface area contributed by atoms with Crippen LogP contribution in [0.5, 0.6) is 0 Å². The zero-order valence-corrected chi connectivity index (χ0v) is 12.2. The highest BCUT2D eigenvalue weighted by Crippen LogP contribution is 2.10. The second-order valence-electron chi connectivity index (χ2n) is 4.39. The van der Waals surface area contributed by atoms with Crippen molar-refractivity contribution in [2.75, 3.05) is 19.8 Å². The minimum atomic E-state index is -3.53. The van der Waals surface area contributed by atoms with Gasteiger partial charge in [0.15, 0.2) is 0 Å². The first-order valence-electron chi connectivity index (χ1n) is 6.13. The van der Waals surface area contributed by atoms with Crippen molar-refractivity contribution in [1.29, 1.82) is 5.26 Å². The highest BCUT2D eigenvalue weighted by Gasteiger charge is 2.12. The van der Waals surface area contributed by atoms with Gasteiger partial charge in [-0.05, 0) is 24.6 Å². The summed E-state index contributed by atoms with van der Waals surface area (Å²) in [4.78, 5) is 0.180. The summed E-state index contributed by atoms with van der Waals surface area (Å²) >= 11 is 0. The van der Waals surface area contributed by atoms with Crippen LogP contribution in [0.25, 0.3) is 0 Å². The molecule has 6 heteroatoms. The second-order valence-corrected chi connectivity index (χ2v) is 6.15. The zero-order valence-electron chi connectivity index (χ0n) is 11.4.